The van der Waals surface area contributed by atoms with E-state index in [1.54, 1.807) is 37.4 Å². The zero-order valence-corrected chi connectivity index (χ0v) is 15.4. The summed E-state index contributed by atoms with van der Waals surface area (Å²) in [6.07, 6.45) is 0. The molecule has 0 aliphatic carbocycles. The first-order chi connectivity index (χ1) is 12.1. The van der Waals surface area contributed by atoms with Crippen molar-refractivity contribution in [1.29, 1.82) is 0 Å². The van der Waals surface area contributed by atoms with Crippen molar-refractivity contribution in [1.82, 2.24) is 9.59 Å². The molecule has 0 amide bonds. The van der Waals surface area contributed by atoms with Gasteiger partial charge in [-0.1, -0.05) is 33.8 Å². The molecule has 0 saturated heterocycles. The number of carbonyl (C=O) groups is 1. The van der Waals surface area contributed by atoms with E-state index in [4.69, 9.17) is 32.7 Å². The summed E-state index contributed by atoms with van der Waals surface area (Å²) >= 11 is 12.9. The summed E-state index contributed by atoms with van der Waals surface area (Å²) in [5, 5.41) is 4.99. The van der Waals surface area contributed by atoms with Crippen LogP contribution in [0.1, 0.15) is 15.2 Å². The van der Waals surface area contributed by atoms with Crippen LogP contribution in [0.3, 0.4) is 0 Å². The van der Waals surface area contributed by atoms with Crippen molar-refractivity contribution in [2.75, 3.05) is 7.11 Å². The Balaban J connectivity index is 1.75. The van der Waals surface area contributed by atoms with Gasteiger partial charge in [0.05, 0.1) is 7.11 Å². The van der Waals surface area contributed by atoms with Gasteiger partial charge in [-0.3, -0.25) is 0 Å². The summed E-state index contributed by atoms with van der Waals surface area (Å²) in [7, 11) is 1.59. The van der Waals surface area contributed by atoms with E-state index in [1.807, 2.05) is 12.1 Å². The predicted molar refractivity (Wildman–Crippen MR) is 97.5 cm³/mol. The van der Waals surface area contributed by atoms with Gasteiger partial charge >= 0.3 is 5.97 Å². The van der Waals surface area contributed by atoms with E-state index in [0.29, 0.717) is 31.9 Å². The van der Waals surface area contributed by atoms with Crippen LogP contribution in [0.2, 0.25) is 10.0 Å². The number of benzene rings is 2. The average molecular weight is 395 g/mol. The highest BCUT2D eigenvalue weighted by atomic mass is 35.5. The minimum Gasteiger partial charge on any atom is -0.497 e. The molecule has 2 aromatic carbocycles. The van der Waals surface area contributed by atoms with Gasteiger partial charge in [0.1, 0.15) is 18.1 Å². The number of esters is 1. The number of halogens is 2. The molecule has 3 rings (SSSR count). The number of nitrogens with zero attached hydrogens (tertiary/aromatic N) is 2. The molecule has 0 fully saturated rings. The first-order valence-corrected chi connectivity index (χ1v) is 8.69. The van der Waals surface area contributed by atoms with Gasteiger partial charge in [0.25, 0.3) is 0 Å². The van der Waals surface area contributed by atoms with Crippen LogP contribution in [0.15, 0.2) is 42.5 Å². The number of rotatable bonds is 5. The molecule has 0 N–H and O–H groups in total. The molecule has 1 heterocycles. The zero-order chi connectivity index (χ0) is 17.8. The third kappa shape index (κ3) is 4.10. The number of hydrogen-bond acceptors (Lipinski definition) is 6. The molecule has 0 radical (unpaired) electrons. The summed E-state index contributed by atoms with van der Waals surface area (Å²) < 4.78 is 14.3. The minimum atomic E-state index is -0.508. The molecule has 0 spiro atoms. The predicted octanol–water partition coefficient (Wildman–Crippen LogP) is 4.88. The van der Waals surface area contributed by atoms with Crippen LogP contribution in [-0.4, -0.2) is 22.7 Å². The van der Waals surface area contributed by atoms with Crippen molar-refractivity contribution < 1.29 is 14.3 Å². The van der Waals surface area contributed by atoms with E-state index in [2.05, 4.69) is 9.59 Å². The Bertz CT molecular complexity index is 897. The van der Waals surface area contributed by atoms with Gasteiger partial charge in [0.2, 0.25) is 0 Å². The van der Waals surface area contributed by atoms with Crippen molar-refractivity contribution in [3.05, 3.63) is 63.0 Å². The normalized spacial score (nSPS) is 10.5. The SMILES string of the molecule is COc1ccc(-c2nnsc2C(=O)OCc2ccc(Cl)cc2Cl)cc1. The van der Waals surface area contributed by atoms with Crippen molar-refractivity contribution in [2.24, 2.45) is 0 Å². The largest absolute Gasteiger partial charge is 0.497 e. The Morgan fingerprint density at radius 3 is 2.60 bits per heavy atom. The highest BCUT2D eigenvalue weighted by Gasteiger charge is 2.19. The fourth-order valence-corrected chi connectivity index (χ4v) is 3.16. The Morgan fingerprint density at radius 1 is 1.16 bits per heavy atom. The Kier molecular flexibility index (Phi) is 5.53. The molecule has 8 heteroatoms. The first-order valence-electron chi connectivity index (χ1n) is 7.16. The molecule has 0 aliphatic heterocycles. The molecule has 1 aromatic heterocycles. The van der Waals surface area contributed by atoms with Crippen LogP contribution in [0.5, 0.6) is 5.75 Å². The maximum Gasteiger partial charge on any atom is 0.352 e. The van der Waals surface area contributed by atoms with Crippen molar-refractivity contribution in [3.8, 4) is 17.0 Å². The minimum absolute atomic E-state index is 0.0365. The van der Waals surface area contributed by atoms with Gasteiger partial charge in [0, 0.05) is 21.2 Å². The summed E-state index contributed by atoms with van der Waals surface area (Å²) in [6, 6.07) is 12.2. The van der Waals surface area contributed by atoms with Gasteiger partial charge in [-0.25, -0.2) is 4.79 Å². The lowest BCUT2D eigenvalue weighted by Gasteiger charge is -2.07. The van der Waals surface area contributed by atoms with Crippen LogP contribution >= 0.6 is 34.7 Å². The second-order valence-corrected chi connectivity index (χ2v) is 6.59. The van der Waals surface area contributed by atoms with Crippen LogP contribution < -0.4 is 4.74 Å². The topological polar surface area (TPSA) is 61.3 Å². The highest BCUT2D eigenvalue weighted by Crippen LogP contribution is 2.27. The fraction of sp³-hybridized carbons (Fsp3) is 0.118. The number of carbonyl (C=O) groups excluding carboxylic acids is 1. The van der Waals surface area contributed by atoms with Crippen LogP contribution in [0, 0.1) is 0 Å². The van der Waals surface area contributed by atoms with Gasteiger partial charge < -0.3 is 9.47 Å². The Hall–Kier alpha value is -2.15. The standard InChI is InChI=1S/C17H12Cl2N2O3S/c1-23-13-6-3-10(4-7-13)15-16(25-21-20-15)17(22)24-9-11-2-5-12(18)8-14(11)19/h2-8H,9H2,1H3. The van der Waals surface area contributed by atoms with E-state index in [0.717, 1.165) is 17.1 Å². The van der Waals surface area contributed by atoms with Crippen LogP contribution in [-0.2, 0) is 11.3 Å². The van der Waals surface area contributed by atoms with E-state index in [9.17, 15) is 4.79 Å². The van der Waals surface area contributed by atoms with Gasteiger partial charge in [0.15, 0.2) is 4.88 Å². The van der Waals surface area contributed by atoms with Gasteiger partial charge in [-0.2, -0.15) is 0 Å². The van der Waals surface area contributed by atoms with Crippen LogP contribution in [0.4, 0.5) is 0 Å². The third-order valence-electron chi connectivity index (χ3n) is 3.41. The van der Waals surface area contributed by atoms with Crippen molar-refractivity contribution in [3.63, 3.8) is 0 Å². The molecule has 25 heavy (non-hydrogen) atoms. The molecule has 128 valence electrons. The Morgan fingerprint density at radius 2 is 1.92 bits per heavy atom. The van der Waals surface area contributed by atoms with Gasteiger partial charge in [-0.05, 0) is 47.9 Å². The molecule has 0 saturated carbocycles. The molecule has 0 unspecified atom stereocenters. The number of hydrogen-bond donors (Lipinski definition) is 0. The molecular weight excluding hydrogens is 383 g/mol. The smallest absolute Gasteiger partial charge is 0.352 e. The maximum absolute atomic E-state index is 12.4. The number of aromatic nitrogens is 2. The van der Waals surface area contributed by atoms with Crippen molar-refractivity contribution in [2.45, 2.75) is 6.61 Å². The molecule has 3 aromatic rings. The highest BCUT2D eigenvalue weighted by molar-refractivity contribution is 7.08. The fourth-order valence-electron chi connectivity index (χ4n) is 2.11. The second-order valence-electron chi connectivity index (χ2n) is 4.99. The van der Waals surface area contributed by atoms with Gasteiger partial charge in [-0.15, -0.1) is 5.10 Å². The molecule has 5 nitrogen and oxygen atoms in total. The monoisotopic (exact) mass is 394 g/mol. The first kappa shape index (κ1) is 17.7. The average Bonchev–Trinajstić information content (AvgIpc) is 3.10. The van der Waals surface area contributed by atoms with Crippen LogP contribution in [0.25, 0.3) is 11.3 Å². The maximum atomic E-state index is 12.4. The summed E-state index contributed by atoms with van der Waals surface area (Å²) in [4.78, 5) is 12.7. The molecule has 0 aliphatic rings. The van der Waals surface area contributed by atoms with Crippen molar-refractivity contribution >= 4 is 40.7 Å². The zero-order valence-electron chi connectivity index (χ0n) is 13.0. The molecule has 0 bridgehead atoms. The van der Waals surface area contributed by atoms with E-state index in [-0.39, 0.29) is 6.61 Å². The second kappa shape index (κ2) is 7.82. The number of methoxy groups -OCH3 is 1. The lowest BCUT2D eigenvalue weighted by Crippen LogP contribution is -2.05. The lowest BCUT2D eigenvalue weighted by atomic mass is 10.1. The Labute approximate surface area is 158 Å². The third-order valence-corrected chi connectivity index (χ3v) is 4.70. The molecular formula is C17H12Cl2N2O3S. The van der Waals surface area contributed by atoms with E-state index < -0.39 is 5.97 Å². The van der Waals surface area contributed by atoms with E-state index >= 15 is 0 Å². The van der Waals surface area contributed by atoms with E-state index in [1.165, 1.54) is 0 Å². The quantitative estimate of drug-likeness (QED) is 0.577. The molecule has 0 atom stereocenters. The summed E-state index contributed by atoms with van der Waals surface area (Å²) in [6.45, 7) is 0.0365. The summed E-state index contributed by atoms with van der Waals surface area (Å²) in [5.41, 5.74) is 1.90. The lowest BCUT2D eigenvalue weighted by molar-refractivity contribution is 0.0479. The summed E-state index contributed by atoms with van der Waals surface area (Å²) in [5.74, 6) is 0.209. The number of ether oxygens (including phenoxy) is 2.